The largest absolute Gasteiger partial charge is 0.0991 e. The highest BCUT2D eigenvalue weighted by molar-refractivity contribution is 6.30. The van der Waals surface area contributed by atoms with E-state index in [0.29, 0.717) is 0 Å². The van der Waals surface area contributed by atoms with E-state index < -0.39 is 0 Å². The van der Waals surface area contributed by atoms with E-state index in [9.17, 15) is 0 Å². The van der Waals surface area contributed by atoms with Gasteiger partial charge in [0.2, 0.25) is 0 Å². The molecule has 1 heteroatoms. The Morgan fingerprint density at radius 3 is 2.14 bits per heavy atom. The van der Waals surface area contributed by atoms with Crippen molar-refractivity contribution in [2.24, 2.45) is 0 Å². The Bertz CT molecular complexity index is 274. The summed E-state index contributed by atoms with van der Waals surface area (Å²) >= 11 is 5.83. The fraction of sp³-hybridized carbons (Fsp3) is 0.231. The Balaban J connectivity index is 0.000000364. The maximum absolute atomic E-state index is 5.83. The highest BCUT2D eigenvalue weighted by atomic mass is 35.5. The van der Waals surface area contributed by atoms with Gasteiger partial charge in [-0.15, -0.1) is 0 Å². The molecule has 0 unspecified atom stereocenters. The lowest BCUT2D eigenvalue weighted by atomic mass is 10.1. The molecule has 1 aromatic carbocycles. The van der Waals surface area contributed by atoms with Gasteiger partial charge in [0.05, 0.1) is 0 Å². The van der Waals surface area contributed by atoms with Crippen molar-refractivity contribution in [2.45, 2.75) is 20.3 Å². The van der Waals surface area contributed by atoms with Crippen molar-refractivity contribution in [1.29, 1.82) is 0 Å². The Morgan fingerprint density at radius 1 is 1.21 bits per heavy atom. The lowest BCUT2D eigenvalue weighted by Crippen LogP contribution is -1.81. The van der Waals surface area contributed by atoms with Crippen molar-refractivity contribution in [3.63, 3.8) is 0 Å². The van der Waals surface area contributed by atoms with Gasteiger partial charge in [-0.05, 0) is 36.6 Å². The Hall–Kier alpha value is -1.01. The third-order valence-electron chi connectivity index (χ3n) is 1.68. The second-order valence-electron chi connectivity index (χ2n) is 2.96. The average molecular weight is 209 g/mol. The van der Waals surface area contributed by atoms with Crippen molar-refractivity contribution in [3.8, 4) is 0 Å². The number of halogens is 1. The predicted octanol–water partition coefficient (Wildman–Crippen LogP) is 4.57. The zero-order valence-corrected chi connectivity index (χ0v) is 9.64. The summed E-state index contributed by atoms with van der Waals surface area (Å²) in [5, 5.41) is 0.844. The molecule has 1 rings (SSSR count). The smallest absolute Gasteiger partial charge is 0.0411 e. The number of hydrogen-bond donors (Lipinski definition) is 0. The van der Waals surface area contributed by atoms with Gasteiger partial charge in [0.1, 0.15) is 0 Å². The molecule has 76 valence electrons. The standard InChI is InChI=1S/C9H11Cl.C4H6/c1-3-8-4-7(2)5-9(10)6-8;1-3-4-2/h4-6H,3H2,1-2H3;3-4H,1-2H2. The zero-order valence-electron chi connectivity index (χ0n) is 8.89. The summed E-state index contributed by atoms with van der Waals surface area (Å²) in [4.78, 5) is 0. The molecule has 0 bridgehead atoms. The van der Waals surface area contributed by atoms with Crippen LogP contribution < -0.4 is 0 Å². The molecule has 0 aliphatic rings. The summed E-state index contributed by atoms with van der Waals surface area (Å²) in [6.07, 6.45) is 4.33. The molecule has 1 aromatic rings. The molecule has 0 aliphatic carbocycles. The van der Waals surface area contributed by atoms with E-state index in [0.717, 1.165) is 11.4 Å². The lowest BCUT2D eigenvalue weighted by Gasteiger charge is -1.98. The molecule has 0 heterocycles. The normalized spacial score (nSPS) is 8.50. The molecule has 0 nitrogen and oxygen atoms in total. The quantitative estimate of drug-likeness (QED) is 0.625. The fourth-order valence-corrected chi connectivity index (χ4v) is 1.33. The summed E-state index contributed by atoms with van der Waals surface area (Å²) in [7, 11) is 0. The van der Waals surface area contributed by atoms with Gasteiger partial charge in [0, 0.05) is 5.02 Å². The molecule has 0 saturated heterocycles. The highest BCUT2D eigenvalue weighted by Gasteiger charge is 1.92. The van der Waals surface area contributed by atoms with Crippen molar-refractivity contribution < 1.29 is 0 Å². The summed E-state index contributed by atoms with van der Waals surface area (Å²) in [5.74, 6) is 0. The minimum atomic E-state index is 0.844. The van der Waals surface area contributed by atoms with Gasteiger partial charge in [-0.3, -0.25) is 0 Å². The van der Waals surface area contributed by atoms with Crippen LogP contribution >= 0.6 is 11.6 Å². The van der Waals surface area contributed by atoms with Crippen LogP contribution in [0, 0.1) is 6.92 Å². The number of rotatable bonds is 2. The molecular weight excluding hydrogens is 192 g/mol. The first kappa shape index (κ1) is 13.0. The minimum Gasteiger partial charge on any atom is -0.0991 e. The second kappa shape index (κ2) is 7.40. The monoisotopic (exact) mass is 208 g/mol. The van der Waals surface area contributed by atoms with Gasteiger partial charge in [-0.25, -0.2) is 0 Å². The fourth-order valence-electron chi connectivity index (χ4n) is 1.02. The van der Waals surface area contributed by atoms with E-state index >= 15 is 0 Å². The van der Waals surface area contributed by atoms with Gasteiger partial charge < -0.3 is 0 Å². The lowest BCUT2D eigenvalue weighted by molar-refractivity contribution is 1.13. The SMILES string of the molecule is C=CC=C.CCc1cc(C)cc(Cl)c1. The van der Waals surface area contributed by atoms with E-state index in [-0.39, 0.29) is 0 Å². The molecule has 0 amide bonds. The second-order valence-corrected chi connectivity index (χ2v) is 3.40. The Morgan fingerprint density at radius 2 is 1.79 bits per heavy atom. The first-order valence-corrected chi connectivity index (χ1v) is 5.01. The van der Waals surface area contributed by atoms with Crippen molar-refractivity contribution in [3.05, 3.63) is 59.7 Å². The van der Waals surface area contributed by atoms with E-state index in [1.54, 1.807) is 12.2 Å². The molecular formula is C13H17Cl. The minimum absolute atomic E-state index is 0.844. The van der Waals surface area contributed by atoms with Crippen molar-refractivity contribution >= 4 is 11.6 Å². The van der Waals surface area contributed by atoms with E-state index in [2.05, 4.69) is 33.1 Å². The van der Waals surface area contributed by atoms with Crippen LogP contribution in [0.2, 0.25) is 5.02 Å². The Labute approximate surface area is 91.9 Å². The Kier molecular flexibility index (Phi) is 6.87. The number of benzene rings is 1. The predicted molar refractivity (Wildman–Crippen MR) is 66.0 cm³/mol. The third-order valence-corrected chi connectivity index (χ3v) is 1.90. The number of hydrogen-bond acceptors (Lipinski definition) is 0. The summed E-state index contributed by atoms with van der Waals surface area (Å²) < 4.78 is 0. The molecule has 0 fully saturated rings. The maximum atomic E-state index is 5.83. The molecule has 0 radical (unpaired) electrons. The molecule has 0 atom stereocenters. The van der Waals surface area contributed by atoms with Gasteiger partial charge >= 0.3 is 0 Å². The van der Waals surface area contributed by atoms with Crippen LogP contribution in [-0.2, 0) is 6.42 Å². The molecule has 0 saturated carbocycles. The van der Waals surface area contributed by atoms with E-state index in [4.69, 9.17) is 11.6 Å². The van der Waals surface area contributed by atoms with E-state index in [1.165, 1.54) is 11.1 Å². The molecule has 0 aliphatic heterocycles. The molecule has 14 heavy (non-hydrogen) atoms. The van der Waals surface area contributed by atoms with Crippen molar-refractivity contribution in [2.75, 3.05) is 0 Å². The van der Waals surface area contributed by atoms with Crippen molar-refractivity contribution in [1.82, 2.24) is 0 Å². The van der Waals surface area contributed by atoms with Crippen LogP contribution in [0.15, 0.2) is 43.5 Å². The first-order valence-electron chi connectivity index (χ1n) is 4.63. The van der Waals surface area contributed by atoms with Crippen LogP contribution in [0.3, 0.4) is 0 Å². The maximum Gasteiger partial charge on any atom is 0.0411 e. The summed E-state index contributed by atoms with van der Waals surface area (Å²) in [5.41, 5.74) is 2.55. The number of allylic oxidation sites excluding steroid dienone is 2. The van der Waals surface area contributed by atoms with Gasteiger partial charge in [-0.2, -0.15) is 0 Å². The molecule has 0 aromatic heterocycles. The van der Waals surface area contributed by atoms with Gasteiger partial charge in [0.15, 0.2) is 0 Å². The van der Waals surface area contributed by atoms with Gasteiger partial charge in [0.25, 0.3) is 0 Å². The third kappa shape index (κ3) is 5.60. The number of aryl methyl sites for hydroxylation is 2. The molecule has 0 spiro atoms. The average Bonchev–Trinajstić information content (AvgIpc) is 2.17. The topological polar surface area (TPSA) is 0 Å². The first-order chi connectivity index (χ1) is 6.63. The van der Waals surface area contributed by atoms with Crippen LogP contribution in [0.1, 0.15) is 18.1 Å². The van der Waals surface area contributed by atoms with Crippen LogP contribution in [0.4, 0.5) is 0 Å². The molecule has 0 N–H and O–H groups in total. The van der Waals surface area contributed by atoms with Crippen LogP contribution in [0.25, 0.3) is 0 Å². The van der Waals surface area contributed by atoms with Crippen LogP contribution in [-0.4, -0.2) is 0 Å². The van der Waals surface area contributed by atoms with Gasteiger partial charge in [-0.1, -0.05) is 49.9 Å². The van der Waals surface area contributed by atoms with Crippen LogP contribution in [0.5, 0.6) is 0 Å². The summed E-state index contributed by atoms with van der Waals surface area (Å²) in [6.45, 7) is 10.9. The zero-order chi connectivity index (χ0) is 11.0. The summed E-state index contributed by atoms with van der Waals surface area (Å²) in [6, 6.07) is 6.14. The van der Waals surface area contributed by atoms with E-state index in [1.807, 2.05) is 12.1 Å². The highest BCUT2D eigenvalue weighted by Crippen LogP contribution is 2.14.